The molecule has 1 aromatic rings. The number of halogens is 1. The highest BCUT2D eigenvalue weighted by molar-refractivity contribution is 5.68. The third-order valence-electron chi connectivity index (χ3n) is 4.01. The maximum atomic E-state index is 14.2. The molecule has 0 saturated heterocycles. The highest BCUT2D eigenvalue weighted by Crippen LogP contribution is 2.26. The van der Waals surface area contributed by atoms with Crippen molar-refractivity contribution in [3.8, 4) is 0 Å². The van der Waals surface area contributed by atoms with Crippen molar-refractivity contribution >= 4 is 5.70 Å². The third kappa shape index (κ3) is 2.84. The lowest BCUT2D eigenvalue weighted by molar-refractivity contribution is 0.606. The molecule has 0 unspecified atom stereocenters. The lowest BCUT2D eigenvalue weighted by Crippen LogP contribution is -2.09. The van der Waals surface area contributed by atoms with Crippen LogP contribution >= 0.6 is 0 Å². The number of rotatable bonds is 4. The Kier molecular flexibility index (Phi) is 4.00. The highest BCUT2D eigenvalue weighted by atomic mass is 19.1. The fourth-order valence-corrected chi connectivity index (χ4v) is 2.91. The molecule has 1 nitrogen and oxygen atoms in total. The van der Waals surface area contributed by atoms with Crippen molar-refractivity contribution in [2.75, 3.05) is 6.54 Å². The summed E-state index contributed by atoms with van der Waals surface area (Å²) < 4.78 is 14.2. The monoisotopic (exact) mass is 269 g/mol. The van der Waals surface area contributed by atoms with Crippen LogP contribution in [0.25, 0.3) is 5.70 Å². The number of benzene rings is 1. The number of nitrogens with one attached hydrogen (secondary N) is 1. The van der Waals surface area contributed by atoms with E-state index >= 15 is 0 Å². The van der Waals surface area contributed by atoms with Gasteiger partial charge in [0.05, 0.1) is 0 Å². The molecule has 0 bridgehead atoms. The minimum absolute atomic E-state index is 0.0796. The molecule has 0 aromatic heterocycles. The largest absolute Gasteiger partial charge is 0.384 e. The Hall–Kier alpha value is -1.83. The van der Waals surface area contributed by atoms with Crippen LogP contribution in [-0.4, -0.2) is 6.54 Å². The van der Waals surface area contributed by atoms with Crippen molar-refractivity contribution in [1.82, 2.24) is 5.32 Å². The van der Waals surface area contributed by atoms with Gasteiger partial charge in [0.1, 0.15) is 5.82 Å². The van der Waals surface area contributed by atoms with Crippen LogP contribution in [0.5, 0.6) is 0 Å². The smallest absolute Gasteiger partial charge is 0.127 e. The van der Waals surface area contributed by atoms with Crippen LogP contribution < -0.4 is 5.32 Å². The summed E-state index contributed by atoms with van der Waals surface area (Å²) in [7, 11) is 0. The highest BCUT2D eigenvalue weighted by Gasteiger charge is 2.14. The lowest BCUT2D eigenvalue weighted by Gasteiger charge is -2.14. The average molecular weight is 269 g/mol. The van der Waals surface area contributed by atoms with Gasteiger partial charge in [-0.15, -0.1) is 0 Å². The minimum atomic E-state index is -0.0796. The molecule has 1 heterocycles. The minimum Gasteiger partial charge on any atom is -0.384 e. The van der Waals surface area contributed by atoms with Crippen LogP contribution in [0.15, 0.2) is 48.1 Å². The van der Waals surface area contributed by atoms with Gasteiger partial charge in [-0.25, -0.2) is 4.39 Å². The molecule has 0 atom stereocenters. The predicted octanol–water partition coefficient (Wildman–Crippen LogP) is 4.37. The quantitative estimate of drug-likeness (QED) is 0.856. The zero-order valence-corrected chi connectivity index (χ0v) is 11.7. The molecule has 20 heavy (non-hydrogen) atoms. The molecule has 0 radical (unpaired) electrons. The van der Waals surface area contributed by atoms with Gasteiger partial charge in [0.2, 0.25) is 0 Å². The van der Waals surface area contributed by atoms with Gasteiger partial charge >= 0.3 is 0 Å². The van der Waals surface area contributed by atoms with Crippen LogP contribution in [-0.2, 0) is 6.42 Å². The number of hydrogen-bond acceptors (Lipinski definition) is 1. The van der Waals surface area contributed by atoms with E-state index in [1.807, 2.05) is 6.07 Å². The first-order chi connectivity index (χ1) is 9.84. The summed E-state index contributed by atoms with van der Waals surface area (Å²) in [6.45, 7) is 0.960. The lowest BCUT2D eigenvalue weighted by atomic mass is 9.94. The molecule has 2 heteroatoms. The first-order valence-corrected chi connectivity index (χ1v) is 7.41. The second-order valence-corrected chi connectivity index (χ2v) is 5.39. The zero-order valence-electron chi connectivity index (χ0n) is 11.7. The fourth-order valence-electron chi connectivity index (χ4n) is 2.91. The molecular weight excluding hydrogens is 249 g/mol. The molecule has 1 aliphatic heterocycles. The molecule has 0 spiro atoms. The molecule has 1 aliphatic carbocycles. The normalized spacial score (nSPS) is 17.6. The summed E-state index contributed by atoms with van der Waals surface area (Å²) >= 11 is 0. The number of hydrogen-bond donors (Lipinski definition) is 1. The molecule has 2 aliphatic rings. The van der Waals surface area contributed by atoms with Gasteiger partial charge in [0.15, 0.2) is 0 Å². The summed E-state index contributed by atoms with van der Waals surface area (Å²) in [4.78, 5) is 0. The van der Waals surface area contributed by atoms with Gasteiger partial charge in [-0.2, -0.15) is 0 Å². The molecule has 1 N–H and O–H groups in total. The van der Waals surface area contributed by atoms with E-state index in [0.29, 0.717) is 0 Å². The van der Waals surface area contributed by atoms with E-state index in [0.717, 1.165) is 55.5 Å². The van der Waals surface area contributed by atoms with Gasteiger partial charge in [0, 0.05) is 17.8 Å². The van der Waals surface area contributed by atoms with Crippen molar-refractivity contribution in [3.05, 3.63) is 65.0 Å². The molecule has 104 valence electrons. The summed E-state index contributed by atoms with van der Waals surface area (Å²) in [6, 6.07) is 5.40. The third-order valence-corrected chi connectivity index (χ3v) is 4.01. The molecule has 1 aromatic carbocycles. The Bertz CT molecular complexity index is 581. The van der Waals surface area contributed by atoms with Crippen LogP contribution in [0.3, 0.4) is 0 Å². The van der Waals surface area contributed by atoms with Crippen molar-refractivity contribution in [1.29, 1.82) is 0 Å². The predicted molar refractivity (Wildman–Crippen MR) is 81.8 cm³/mol. The SMILES string of the molecule is Fc1cccc(C2=CCCN2)c1CCC1=CC=CCC1. The van der Waals surface area contributed by atoms with Crippen molar-refractivity contribution in [2.24, 2.45) is 0 Å². The van der Waals surface area contributed by atoms with Gasteiger partial charge in [-0.05, 0) is 43.7 Å². The molecule has 0 saturated carbocycles. The van der Waals surface area contributed by atoms with Crippen LogP contribution in [0.1, 0.15) is 36.8 Å². The average Bonchev–Trinajstić information content (AvgIpc) is 3.01. The summed E-state index contributed by atoms with van der Waals surface area (Å²) in [6.07, 6.45) is 13.6. The Balaban J connectivity index is 1.81. The maximum absolute atomic E-state index is 14.2. The van der Waals surface area contributed by atoms with Crippen molar-refractivity contribution < 1.29 is 4.39 Å². The van der Waals surface area contributed by atoms with E-state index in [1.165, 1.54) is 5.57 Å². The Morgan fingerprint density at radius 3 is 2.85 bits per heavy atom. The fraction of sp³-hybridized carbons (Fsp3) is 0.333. The van der Waals surface area contributed by atoms with Gasteiger partial charge in [-0.1, -0.05) is 42.0 Å². The zero-order chi connectivity index (χ0) is 13.8. The van der Waals surface area contributed by atoms with Crippen molar-refractivity contribution in [3.63, 3.8) is 0 Å². The number of allylic oxidation sites excluding steroid dienone is 4. The van der Waals surface area contributed by atoms with E-state index in [1.54, 1.807) is 12.1 Å². The molecule has 0 amide bonds. The summed E-state index contributed by atoms with van der Waals surface area (Å²) in [5.41, 5.74) is 4.41. The Labute approximate surface area is 119 Å². The van der Waals surface area contributed by atoms with Gasteiger partial charge < -0.3 is 5.32 Å². The van der Waals surface area contributed by atoms with Gasteiger partial charge in [0.25, 0.3) is 0 Å². The standard InChI is InChI=1S/C18H20FN/c19-17-9-4-8-16(18-10-5-13-20-18)15(17)12-11-14-6-2-1-3-7-14/h1-2,4,6,8-10,20H,3,5,7,11-13H2. The van der Waals surface area contributed by atoms with E-state index < -0.39 is 0 Å². The summed E-state index contributed by atoms with van der Waals surface area (Å²) in [5, 5.41) is 3.35. The van der Waals surface area contributed by atoms with E-state index in [4.69, 9.17) is 0 Å². The van der Waals surface area contributed by atoms with E-state index in [2.05, 4.69) is 29.6 Å². The van der Waals surface area contributed by atoms with Gasteiger partial charge in [-0.3, -0.25) is 0 Å². The Morgan fingerprint density at radius 2 is 2.10 bits per heavy atom. The van der Waals surface area contributed by atoms with Crippen LogP contribution in [0, 0.1) is 5.82 Å². The van der Waals surface area contributed by atoms with E-state index in [-0.39, 0.29) is 5.82 Å². The van der Waals surface area contributed by atoms with Crippen LogP contribution in [0.4, 0.5) is 4.39 Å². The summed E-state index contributed by atoms with van der Waals surface area (Å²) in [5.74, 6) is -0.0796. The Morgan fingerprint density at radius 1 is 1.15 bits per heavy atom. The topological polar surface area (TPSA) is 12.0 Å². The second-order valence-electron chi connectivity index (χ2n) is 5.39. The molecule has 0 fully saturated rings. The molecular formula is C18H20FN. The van der Waals surface area contributed by atoms with E-state index in [9.17, 15) is 4.39 Å². The van der Waals surface area contributed by atoms with Crippen molar-refractivity contribution in [2.45, 2.75) is 32.1 Å². The first kappa shape index (κ1) is 13.2. The van der Waals surface area contributed by atoms with Crippen LogP contribution in [0.2, 0.25) is 0 Å². The first-order valence-electron chi connectivity index (χ1n) is 7.41. The maximum Gasteiger partial charge on any atom is 0.127 e. The second kappa shape index (κ2) is 6.08. The molecule has 3 rings (SSSR count).